The van der Waals surface area contributed by atoms with E-state index in [1.165, 1.54) is 0 Å². The van der Waals surface area contributed by atoms with Crippen LogP contribution >= 0.6 is 0 Å². The van der Waals surface area contributed by atoms with E-state index in [1.807, 2.05) is 35.4 Å². The van der Waals surface area contributed by atoms with Crippen molar-refractivity contribution >= 4 is 22.7 Å². The predicted octanol–water partition coefficient (Wildman–Crippen LogP) is 2.28. The lowest BCUT2D eigenvalue weighted by molar-refractivity contribution is -0.118. The average molecular weight is 338 g/mol. The number of likely N-dealkylation sites (tertiary alicyclic amines) is 1. The summed E-state index contributed by atoms with van der Waals surface area (Å²) in [5.74, 6) is -0.152. The number of fused-ring (bicyclic) bond motifs is 1. The molecule has 2 heterocycles. The van der Waals surface area contributed by atoms with Gasteiger partial charge in [-0.15, -0.1) is 0 Å². The number of nitriles is 1. The Hall–Kier alpha value is -2.81. The first-order valence-electron chi connectivity index (χ1n) is 8.62. The number of primary amides is 1. The second-order valence-corrected chi connectivity index (χ2v) is 6.59. The second-order valence-electron chi connectivity index (χ2n) is 6.59. The molecule has 6 nitrogen and oxygen atoms in total. The Balaban J connectivity index is 1.82. The number of carbonyl (C=O) groups excluding carboxylic acids is 2. The quantitative estimate of drug-likeness (QED) is 0.819. The molecule has 0 spiro atoms. The zero-order valence-electron chi connectivity index (χ0n) is 14.1. The fourth-order valence-electron chi connectivity index (χ4n) is 3.57. The zero-order valence-corrected chi connectivity index (χ0v) is 14.1. The Labute approximate surface area is 146 Å². The van der Waals surface area contributed by atoms with Crippen molar-refractivity contribution in [3.05, 3.63) is 36.0 Å². The Kier molecular flexibility index (Phi) is 5.03. The number of amides is 2. The van der Waals surface area contributed by atoms with Crippen LogP contribution in [-0.2, 0) is 11.3 Å². The largest absolute Gasteiger partial charge is 0.370 e. The van der Waals surface area contributed by atoms with Crippen molar-refractivity contribution in [1.82, 2.24) is 9.47 Å². The Morgan fingerprint density at radius 1 is 1.32 bits per heavy atom. The van der Waals surface area contributed by atoms with Gasteiger partial charge < -0.3 is 15.2 Å². The number of benzene rings is 1. The van der Waals surface area contributed by atoms with Crippen molar-refractivity contribution in [1.29, 1.82) is 5.26 Å². The van der Waals surface area contributed by atoms with Crippen LogP contribution in [0.3, 0.4) is 0 Å². The van der Waals surface area contributed by atoms with Crippen LogP contribution in [0.15, 0.2) is 30.5 Å². The van der Waals surface area contributed by atoms with Crippen LogP contribution in [0.25, 0.3) is 10.9 Å². The molecule has 0 aliphatic carbocycles. The van der Waals surface area contributed by atoms with Gasteiger partial charge in [-0.1, -0.05) is 18.2 Å². The number of rotatable bonds is 6. The van der Waals surface area contributed by atoms with Gasteiger partial charge in [-0.25, -0.2) is 0 Å². The molecular weight excluding hydrogens is 316 g/mol. The third-order valence-electron chi connectivity index (χ3n) is 4.77. The molecule has 1 aromatic carbocycles. The lowest BCUT2D eigenvalue weighted by Crippen LogP contribution is -2.29. The summed E-state index contributed by atoms with van der Waals surface area (Å²) in [6.07, 6.45) is 4.30. The van der Waals surface area contributed by atoms with Gasteiger partial charge in [0.1, 0.15) is 0 Å². The van der Waals surface area contributed by atoms with Gasteiger partial charge in [0.2, 0.25) is 5.91 Å². The number of unbranched alkanes of at least 4 members (excludes halogenated alkanes) is 1. The number of aryl methyl sites for hydroxylation is 1. The minimum atomic E-state index is -0.312. The maximum Gasteiger partial charge on any atom is 0.256 e. The van der Waals surface area contributed by atoms with Crippen LogP contribution in [0.2, 0.25) is 0 Å². The third kappa shape index (κ3) is 3.66. The highest BCUT2D eigenvalue weighted by atomic mass is 16.2. The molecule has 6 heteroatoms. The normalized spacial score (nSPS) is 16.9. The molecule has 1 aliphatic rings. The summed E-state index contributed by atoms with van der Waals surface area (Å²) in [6.45, 7) is 1.95. The molecule has 2 N–H and O–H groups in total. The molecule has 0 bridgehead atoms. The highest BCUT2D eigenvalue weighted by Crippen LogP contribution is 2.26. The van der Waals surface area contributed by atoms with E-state index < -0.39 is 0 Å². The van der Waals surface area contributed by atoms with E-state index in [1.54, 1.807) is 0 Å². The zero-order chi connectivity index (χ0) is 17.8. The summed E-state index contributed by atoms with van der Waals surface area (Å²) in [4.78, 5) is 25.9. The van der Waals surface area contributed by atoms with Gasteiger partial charge in [0.15, 0.2) is 0 Å². The SMILES string of the molecule is N#CCCCn1cc(C(=O)N2CCC(CC(N)=O)C2)c2ccccc21. The number of aromatic nitrogens is 1. The van der Waals surface area contributed by atoms with Gasteiger partial charge >= 0.3 is 0 Å². The summed E-state index contributed by atoms with van der Waals surface area (Å²) in [7, 11) is 0. The van der Waals surface area contributed by atoms with Gasteiger partial charge in [0.05, 0.1) is 11.6 Å². The number of nitrogens with zero attached hydrogens (tertiary/aromatic N) is 3. The molecule has 2 amide bonds. The van der Waals surface area contributed by atoms with E-state index in [0.29, 0.717) is 38.0 Å². The van der Waals surface area contributed by atoms with Crippen LogP contribution in [-0.4, -0.2) is 34.4 Å². The van der Waals surface area contributed by atoms with Crippen molar-refractivity contribution in [3.63, 3.8) is 0 Å². The van der Waals surface area contributed by atoms with Crippen LogP contribution < -0.4 is 5.73 Å². The van der Waals surface area contributed by atoms with E-state index in [9.17, 15) is 9.59 Å². The predicted molar refractivity (Wildman–Crippen MR) is 94.6 cm³/mol. The fourth-order valence-corrected chi connectivity index (χ4v) is 3.57. The molecule has 1 aliphatic heterocycles. The van der Waals surface area contributed by atoms with Crippen LogP contribution in [0, 0.1) is 17.2 Å². The standard InChI is InChI=1S/C19H22N4O2/c20-8-3-4-9-22-13-16(15-5-1-2-6-17(15)22)19(25)23-10-7-14(12-23)11-18(21)24/h1-2,5-6,13-14H,3-4,7,9-12H2,(H2,21,24). The van der Waals surface area contributed by atoms with E-state index in [0.717, 1.165) is 23.7 Å². The first-order chi connectivity index (χ1) is 12.1. The van der Waals surface area contributed by atoms with Gasteiger partial charge in [0.25, 0.3) is 5.91 Å². The average Bonchev–Trinajstić information content (AvgIpc) is 3.19. The number of hydrogen-bond acceptors (Lipinski definition) is 3. The van der Waals surface area contributed by atoms with E-state index >= 15 is 0 Å². The monoisotopic (exact) mass is 338 g/mol. The minimum absolute atomic E-state index is 0.00204. The van der Waals surface area contributed by atoms with E-state index in [4.69, 9.17) is 11.0 Å². The molecular formula is C19H22N4O2. The Bertz CT molecular complexity index is 834. The van der Waals surface area contributed by atoms with Gasteiger partial charge in [-0.3, -0.25) is 9.59 Å². The molecule has 0 saturated carbocycles. The number of carbonyl (C=O) groups is 2. The summed E-state index contributed by atoms with van der Waals surface area (Å²) in [6, 6.07) is 10.00. The molecule has 3 rings (SSSR count). The lowest BCUT2D eigenvalue weighted by atomic mass is 10.1. The van der Waals surface area contributed by atoms with Gasteiger partial charge in [-0.2, -0.15) is 5.26 Å². The summed E-state index contributed by atoms with van der Waals surface area (Å²) in [5, 5.41) is 9.66. The maximum atomic E-state index is 13.0. The molecule has 1 saturated heterocycles. The molecule has 25 heavy (non-hydrogen) atoms. The molecule has 1 atom stereocenters. The third-order valence-corrected chi connectivity index (χ3v) is 4.77. The highest BCUT2D eigenvalue weighted by molar-refractivity contribution is 6.07. The van der Waals surface area contributed by atoms with Crippen molar-refractivity contribution in [2.45, 2.75) is 32.2 Å². The van der Waals surface area contributed by atoms with Gasteiger partial charge in [-0.05, 0) is 24.8 Å². The summed E-state index contributed by atoms with van der Waals surface area (Å²) >= 11 is 0. The first-order valence-corrected chi connectivity index (χ1v) is 8.62. The van der Waals surface area contributed by atoms with Crippen molar-refractivity contribution in [2.75, 3.05) is 13.1 Å². The second kappa shape index (κ2) is 7.39. The molecule has 1 fully saturated rings. The van der Waals surface area contributed by atoms with Crippen molar-refractivity contribution < 1.29 is 9.59 Å². The fraction of sp³-hybridized carbons (Fsp3) is 0.421. The summed E-state index contributed by atoms with van der Waals surface area (Å²) < 4.78 is 2.05. The number of nitrogens with two attached hydrogens (primary N) is 1. The Morgan fingerprint density at radius 3 is 2.88 bits per heavy atom. The molecule has 0 radical (unpaired) electrons. The highest BCUT2D eigenvalue weighted by Gasteiger charge is 2.29. The molecule has 1 unspecified atom stereocenters. The smallest absolute Gasteiger partial charge is 0.256 e. The number of hydrogen-bond donors (Lipinski definition) is 1. The van der Waals surface area contributed by atoms with Crippen molar-refractivity contribution in [3.8, 4) is 6.07 Å². The Morgan fingerprint density at radius 2 is 2.12 bits per heavy atom. The van der Waals surface area contributed by atoms with Crippen LogP contribution in [0.4, 0.5) is 0 Å². The lowest BCUT2D eigenvalue weighted by Gasteiger charge is -2.15. The van der Waals surface area contributed by atoms with Crippen LogP contribution in [0.1, 0.15) is 36.0 Å². The maximum absolute atomic E-state index is 13.0. The molecule has 130 valence electrons. The van der Waals surface area contributed by atoms with Crippen LogP contribution in [0.5, 0.6) is 0 Å². The van der Waals surface area contributed by atoms with Gasteiger partial charge in [0, 0.05) is 49.6 Å². The number of para-hydroxylation sites is 1. The van der Waals surface area contributed by atoms with E-state index in [2.05, 4.69) is 10.6 Å². The molecule has 2 aromatic rings. The van der Waals surface area contributed by atoms with E-state index in [-0.39, 0.29) is 17.7 Å². The minimum Gasteiger partial charge on any atom is -0.370 e. The topological polar surface area (TPSA) is 92.1 Å². The first kappa shape index (κ1) is 17.0. The summed E-state index contributed by atoms with van der Waals surface area (Å²) in [5.41, 5.74) is 6.97. The molecule has 1 aromatic heterocycles. The van der Waals surface area contributed by atoms with Crippen molar-refractivity contribution in [2.24, 2.45) is 11.7 Å².